The highest BCUT2D eigenvalue weighted by Gasteiger charge is 2.39. The van der Waals surface area contributed by atoms with Gasteiger partial charge in [-0.15, -0.1) is 0 Å². The molecule has 12 heteroatoms. The summed E-state index contributed by atoms with van der Waals surface area (Å²) in [4.78, 5) is 30.1. The smallest absolute Gasteiger partial charge is 0.465 e. The Kier molecular flexibility index (Phi) is 20.0. The predicted octanol–water partition coefficient (Wildman–Crippen LogP) is 23.1. The number of hydrogen-bond acceptors (Lipinski definition) is 10. The maximum atomic E-state index is 15.0. The quantitative estimate of drug-likeness (QED) is 0.0727. The van der Waals surface area contributed by atoms with Crippen molar-refractivity contribution >= 4 is 50.7 Å². The molecule has 8 aromatic rings. The SMILES string of the molecule is COC(=O)c1cc2ccccc2c(-c2c(OP(Oc3ccc(C(C)(C)C)cc3C(C)(C)C)Oc3ccc(C(C)(C)C)cc3C(C)(C)C)c(C(=O)OC)cc3ccccc23)c1OP(Oc1ccc(C(C)(C)C)cc1C(C)(C)C)Oc1ccc(C(C)(C)C)cc1C(C)(C)C. The summed E-state index contributed by atoms with van der Waals surface area (Å²) in [5.41, 5.74) is 6.73. The molecule has 10 nitrogen and oxygen atoms in total. The van der Waals surface area contributed by atoms with Gasteiger partial charge in [-0.25, -0.2) is 9.59 Å². The van der Waals surface area contributed by atoms with Crippen LogP contribution in [0.4, 0.5) is 0 Å². The van der Waals surface area contributed by atoms with Crippen LogP contribution in [0.15, 0.2) is 133 Å². The second-order valence-electron chi connectivity index (χ2n) is 32.5. The zero-order valence-corrected chi connectivity index (χ0v) is 61.5. The van der Waals surface area contributed by atoms with E-state index in [0.717, 1.165) is 44.5 Å². The van der Waals surface area contributed by atoms with Crippen LogP contribution >= 0.6 is 17.2 Å². The molecule has 8 aromatic carbocycles. The lowest BCUT2D eigenvalue weighted by molar-refractivity contribution is 0.0589. The molecule has 92 heavy (non-hydrogen) atoms. The molecule has 0 heterocycles. The molecular weight excluding hydrogens is 1180 g/mol. The van der Waals surface area contributed by atoms with E-state index in [9.17, 15) is 0 Å². The summed E-state index contributed by atoms with van der Waals surface area (Å²) in [6.45, 7) is 52.2. The summed E-state index contributed by atoms with van der Waals surface area (Å²) in [6, 6.07) is 44.1. The van der Waals surface area contributed by atoms with Gasteiger partial charge in [-0.1, -0.05) is 263 Å². The van der Waals surface area contributed by atoms with Gasteiger partial charge in [0.15, 0.2) is 11.5 Å². The largest absolute Gasteiger partial charge is 0.530 e. The van der Waals surface area contributed by atoms with Crippen molar-refractivity contribution in [1.29, 1.82) is 0 Å². The monoisotopic (exact) mass is 1280 g/mol. The highest BCUT2D eigenvalue weighted by molar-refractivity contribution is 7.43. The van der Waals surface area contributed by atoms with Crippen LogP contribution < -0.4 is 27.1 Å². The van der Waals surface area contributed by atoms with E-state index in [1.165, 1.54) is 14.2 Å². The van der Waals surface area contributed by atoms with Crippen LogP contribution in [0, 0.1) is 0 Å². The van der Waals surface area contributed by atoms with Gasteiger partial charge < -0.3 is 36.6 Å². The van der Waals surface area contributed by atoms with E-state index >= 15 is 9.59 Å². The Labute approximate surface area is 552 Å². The Balaban J connectivity index is 1.51. The zero-order chi connectivity index (χ0) is 68.2. The van der Waals surface area contributed by atoms with Crippen molar-refractivity contribution in [3.05, 3.63) is 189 Å². The average Bonchev–Trinajstić information content (AvgIpc) is 0.732. The van der Waals surface area contributed by atoms with Gasteiger partial charge in [0, 0.05) is 33.4 Å². The van der Waals surface area contributed by atoms with Crippen LogP contribution in [0.3, 0.4) is 0 Å². The van der Waals surface area contributed by atoms with Crippen LogP contribution in [0.1, 0.15) is 231 Å². The minimum atomic E-state index is -2.60. The third kappa shape index (κ3) is 15.9. The lowest BCUT2D eigenvalue weighted by atomic mass is 9.80. The lowest BCUT2D eigenvalue weighted by Gasteiger charge is -2.31. The molecule has 0 N–H and O–H groups in total. The Hall–Kier alpha value is -7.12. The first-order valence-electron chi connectivity index (χ1n) is 32.0. The summed E-state index contributed by atoms with van der Waals surface area (Å²) in [5, 5.41) is 2.61. The Bertz CT molecular complexity index is 3630. The molecule has 8 rings (SSSR count). The molecule has 0 aliphatic rings. The van der Waals surface area contributed by atoms with Crippen molar-refractivity contribution in [3.8, 4) is 45.6 Å². The first-order valence-corrected chi connectivity index (χ1v) is 34.2. The fourth-order valence-electron chi connectivity index (χ4n) is 11.1. The minimum Gasteiger partial charge on any atom is -0.465 e. The van der Waals surface area contributed by atoms with E-state index < -0.39 is 50.8 Å². The number of esters is 2. The molecule has 0 amide bonds. The van der Waals surface area contributed by atoms with E-state index in [0.29, 0.717) is 55.7 Å². The number of hydrogen-bond donors (Lipinski definition) is 0. The molecule has 0 atom stereocenters. The van der Waals surface area contributed by atoms with Gasteiger partial charge in [-0.3, -0.25) is 0 Å². The van der Waals surface area contributed by atoms with Crippen LogP contribution in [-0.2, 0) is 52.8 Å². The summed E-state index contributed by atoms with van der Waals surface area (Å²) >= 11 is 0. The van der Waals surface area contributed by atoms with Gasteiger partial charge in [0.25, 0.3) is 0 Å². The number of rotatable bonds is 15. The third-order valence-electron chi connectivity index (χ3n) is 16.7. The molecule has 0 unspecified atom stereocenters. The summed E-state index contributed by atoms with van der Waals surface area (Å²) in [6.07, 6.45) is 0. The molecule has 0 saturated heterocycles. The first-order chi connectivity index (χ1) is 42.4. The fourth-order valence-corrected chi connectivity index (χ4v) is 13.3. The number of benzene rings is 8. The van der Waals surface area contributed by atoms with E-state index in [2.05, 4.69) is 215 Å². The number of fused-ring (bicyclic) bond motifs is 2. The number of methoxy groups -OCH3 is 2. The summed E-state index contributed by atoms with van der Waals surface area (Å²) < 4.78 is 56.1. The molecule has 0 aromatic heterocycles. The number of carbonyl (C=O) groups excluding carboxylic acids is 2. The van der Waals surface area contributed by atoms with Crippen LogP contribution in [-0.4, -0.2) is 26.2 Å². The van der Waals surface area contributed by atoms with Crippen molar-refractivity contribution < 1.29 is 46.2 Å². The van der Waals surface area contributed by atoms with Gasteiger partial charge in [0.05, 0.1) is 14.2 Å². The third-order valence-corrected chi connectivity index (χ3v) is 18.7. The Morgan fingerprint density at radius 3 is 0.750 bits per heavy atom. The fraction of sp³-hybridized carbons (Fsp3) is 0.425. The zero-order valence-electron chi connectivity index (χ0n) is 59.7. The van der Waals surface area contributed by atoms with E-state index in [1.54, 1.807) is 12.1 Å². The van der Waals surface area contributed by atoms with E-state index in [1.807, 2.05) is 72.8 Å². The Morgan fingerprint density at radius 1 is 0.293 bits per heavy atom. The average molecular weight is 1280 g/mol. The second kappa shape index (κ2) is 26.0. The molecule has 0 aliphatic carbocycles. The second-order valence-corrected chi connectivity index (χ2v) is 34.5. The lowest BCUT2D eigenvalue weighted by Crippen LogP contribution is -2.19. The molecule has 0 saturated carbocycles. The number of ether oxygens (including phenoxy) is 2. The minimum absolute atomic E-state index is 0.0534. The molecule has 0 bridgehead atoms. The predicted molar refractivity (Wildman–Crippen MR) is 383 cm³/mol. The molecule has 0 radical (unpaired) electrons. The van der Waals surface area contributed by atoms with Gasteiger partial charge in [-0.2, -0.15) is 0 Å². The van der Waals surface area contributed by atoms with Crippen LogP contribution in [0.5, 0.6) is 34.5 Å². The maximum Gasteiger partial charge on any atom is 0.530 e. The molecule has 0 aliphatic heterocycles. The summed E-state index contributed by atoms with van der Waals surface area (Å²) in [5.74, 6) is 0.889. The van der Waals surface area contributed by atoms with Gasteiger partial charge in [-0.05, 0) is 124 Å². The van der Waals surface area contributed by atoms with Crippen LogP contribution in [0.25, 0.3) is 32.7 Å². The van der Waals surface area contributed by atoms with Gasteiger partial charge >= 0.3 is 29.1 Å². The van der Waals surface area contributed by atoms with Crippen molar-refractivity contribution in [1.82, 2.24) is 0 Å². The van der Waals surface area contributed by atoms with E-state index in [-0.39, 0.29) is 44.3 Å². The highest BCUT2D eigenvalue weighted by Crippen LogP contribution is 2.58. The number of carbonyl (C=O) groups is 2. The van der Waals surface area contributed by atoms with Crippen molar-refractivity contribution in [2.45, 2.75) is 209 Å². The Morgan fingerprint density at radius 2 is 0.533 bits per heavy atom. The molecule has 490 valence electrons. The normalized spacial score (nSPS) is 13.0. The maximum absolute atomic E-state index is 15.0. The molecule has 0 spiro atoms. The standard InChI is InChI=1S/C80H100O10P2/c1-73(2,3)51-35-39-63(59(45-51)77(13,14)15)85-91(86-64-40-36-52(74(4,5)6)46-60(64)78(16,17)18)89-69-57(71(81)83-25)43-49-31-27-29-33-55(49)67(69)68-56-34-30-28-32-50(56)44-58(72(82)84-26)70(68)90-92(87-65-41-37-53(75(7,8)9)47-61(65)79(19,20)21)88-66-42-38-54(76(10,11)12)48-62(66)80(22,23)24/h27-48H,1-26H3. The van der Waals surface area contributed by atoms with Gasteiger partial charge in [0.2, 0.25) is 0 Å². The van der Waals surface area contributed by atoms with Crippen molar-refractivity contribution in [3.63, 3.8) is 0 Å². The molecular formula is C80H100O10P2. The highest BCUT2D eigenvalue weighted by atomic mass is 31.2. The summed E-state index contributed by atoms with van der Waals surface area (Å²) in [7, 11) is -2.50. The van der Waals surface area contributed by atoms with Crippen LogP contribution in [0.2, 0.25) is 0 Å². The topological polar surface area (TPSA) is 108 Å². The van der Waals surface area contributed by atoms with E-state index in [4.69, 9.17) is 36.6 Å². The van der Waals surface area contributed by atoms with Gasteiger partial charge in [0.1, 0.15) is 34.1 Å². The van der Waals surface area contributed by atoms with Crippen molar-refractivity contribution in [2.24, 2.45) is 0 Å². The molecule has 0 fully saturated rings. The first kappa shape index (κ1) is 70.7. The van der Waals surface area contributed by atoms with Crippen molar-refractivity contribution in [2.75, 3.05) is 14.2 Å².